The molecule has 1 aromatic carbocycles. The van der Waals surface area contributed by atoms with Gasteiger partial charge in [-0.3, -0.25) is 0 Å². The summed E-state index contributed by atoms with van der Waals surface area (Å²) in [6, 6.07) is 3.68. The lowest BCUT2D eigenvalue weighted by Gasteiger charge is -2.41. The summed E-state index contributed by atoms with van der Waals surface area (Å²) in [7, 11) is 0. The maximum atomic E-state index is 15.0. The van der Waals surface area contributed by atoms with Crippen LogP contribution in [0.5, 0.6) is 0 Å². The Balaban J connectivity index is 1.64. The summed E-state index contributed by atoms with van der Waals surface area (Å²) in [4.78, 5) is 15.7. The zero-order valence-electron chi connectivity index (χ0n) is 22.2. The van der Waals surface area contributed by atoms with E-state index in [1.807, 2.05) is 44.4 Å². The molecule has 2 aliphatic rings. The Morgan fingerprint density at radius 2 is 2.05 bits per heavy atom. The van der Waals surface area contributed by atoms with Crippen LogP contribution in [0.15, 0.2) is 70.8 Å². The number of ether oxygens (including phenoxy) is 2. The van der Waals surface area contributed by atoms with Crippen molar-refractivity contribution in [3.8, 4) is 0 Å². The normalized spacial score (nSPS) is 19.3. The molecule has 9 heteroatoms. The van der Waals surface area contributed by atoms with Crippen LogP contribution in [0.25, 0.3) is 11.0 Å². The number of benzene rings is 1. The first-order chi connectivity index (χ1) is 17.7. The van der Waals surface area contributed by atoms with Gasteiger partial charge in [-0.25, -0.2) is 19.4 Å². The maximum Gasteiger partial charge on any atom is 0.227 e. The zero-order chi connectivity index (χ0) is 26.7. The lowest BCUT2D eigenvalue weighted by atomic mass is 10.1. The van der Waals surface area contributed by atoms with Crippen molar-refractivity contribution in [3.05, 3.63) is 78.0 Å². The largest absolute Gasteiger partial charge is 0.489 e. The molecule has 0 bridgehead atoms. The predicted molar refractivity (Wildman–Crippen MR) is 146 cm³/mol. The number of imidazole rings is 1. The number of nitrogens with zero attached hydrogens (tertiary/aromatic N) is 5. The zero-order valence-corrected chi connectivity index (χ0v) is 22.2. The smallest absolute Gasteiger partial charge is 0.227 e. The molecule has 1 saturated heterocycles. The van der Waals surface area contributed by atoms with Crippen molar-refractivity contribution >= 4 is 22.7 Å². The van der Waals surface area contributed by atoms with Gasteiger partial charge in [0.05, 0.1) is 36.2 Å². The Kier molecular flexibility index (Phi) is 7.92. The van der Waals surface area contributed by atoms with Gasteiger partial charge in [-0.2, -0.15) is 0 Å². The number of aliphatic imine (C=N–C) groups is 2. The van der Waals surface area contributed by atoms with E-state index in [0.29, 0.717) is 48.1 Å². The fraction of sp³-hybridized carbons (Fsp3) is 0.393. The summed E-state index contributed by atoms with van der Waals surface area (Å²) in [6.45, 7) is 20.3. The van der Waals surface area contributed by atoms with Gasteiger partial charge in [0.25, 0.3) is 0 Å². The fourth-order valence-corrected chi connectivity index (χ4v) is 4.81. The number of nitrogens with one attached hydrogen (secondary N) is 1. The van der Waals surface area contributed by atoms with Gasteiger partial charge in [0, 0.05) is 36.1 Å². The molecule has 2 aliphatic heterocycles. The van der Waals surface area contributed by atoms with Crippen molar-refractivity contribution in [1.82, 2.24) is 19.8 Å². The number of hydrogen-bond acceptors (Lipinski definition) is 5. The standard InChI is InChI=1S/C28H35FN6O2/c1-8-24(21-13-23(29)27-25(14-21)35(17(3)4)20(7)32-27)33-28(30-9-2)31-18(5)12-26-19(6)34-10-11-36-15-22(34)16-37-26/h8-9,12-14,17,22H,1-2,10-11,15-16H2,3-7H3,(H,30,31)/b18-12+,33-24?. The highest BCUT2D eigenvalue weighted by molar-refractivity contribution is 6.14. The number of fused-ring (bicyclic) bond motifs is 2. The van der Waals surface area contributed by atoms with E-state index in [1.165, 1.54) is 12.3 Å². The second-order valence-electron chi connectivity index (χ2n) is 9.42. The summed E-state index contributed by atoms with van der Waals surface area (Å²) in [6.07, 6.45) is 4.91. The van der Waals surface area contributed by atoms with Gasteiger partial charge in [0.15, 0.2) is 5.82 Å². The number of allylic oxidation sites excluding steroid dienone is 4. The average molecular weight is 507 g/mol. The van der Waals surface area contributed by atoms with Gasteiger partial charge in [0.1, 0.15) is 23.7 Å². The second kappa shape index (κ2) is 11.1. The van der Waals surface area contributed by atoms with Gasteiger partial charge in [-0.15, -0.1) is 0 Å². The third kappa shape index (κ3) is 5.51. The van der Waals surface area contributed by atoms with Crippen molar-refractivity contribution in [1.29, 1.82) is 0 Å². The number of halogens is 1. The summed E-state index contributed by atoms with van der Waals surface area (Å²) in [5.41, 5.74) is 3.95. The third-order valence-corrected chi connectivity index (χ3v) is 6.47. The van der Waals surface area contributed by atoms with E-state index in [-0.39, 0.29) is 12.1 Å². The number of rotatable bonds is 6. The first-order valence-electron chi connectivity index (χ1n) is 12.4. The van der Waals surface area contributed by atoms with E-state index < -0.39 is 5.82 Å². The summed E-state index contributed by atoms with van der Waals surface area (Å²) >= 11 is 0. The Hall–Kier alpha value is -3.72. The predicted octanol–water partition coefficient (Wildman–Crippen LogP) is 5.00. The molecule has 37 heavy (non-hydrogen) atoms. The molecule has 196 valence electrons. The first-order valence-corrected chi connectivity index (χ1v) is 12.4. The molecule has 0 aliphatic carbocycles. The van der Waals surface area contributed by atoms with Crippen molar-refractivity contribution < 1.29 is 13.9 Å². The average Bonchev–Trinajstić information content (AvgIpc) is 3.21. The SMILES string of the molecule is C=CN=C(N=C(C=C)c1cc(F)c2nc(C)n(C(C)C)c2c1)N/C(C)=C/C1=C(C)N2CCOCC2CO1. The maximum absolute atomic E-state index is 15.0. The minimum atomic E-state index is -0.408. The lowest BCUT2D eigenvalue weighted by molar-refractivity contribution is -0.0343. The van der Waals surface area contributed by atoms with Gasteiger partial charge in [-0.1, -0.05) is 13.2 Å². The molecule has 1 aromatic heterocycles. The molecular weight excluding hydrogens is 471 g/mol. The number of hydrogen-bond donors (Lipinski definition) is 1. The molecular formula is C28H35FN6O2. The van der Waals surface area contributed by atoms with Crippen LogP contribution in [0.4, 0.5) is 4.39 Å². The van der Waals surface area contributed by atoms with Gasteiger partial charge in [0.2, 0.25) is 5.96 Å². The quantitative estimate of drug-likeness (QED) is 0.441. The molecule has 0 amide bonds. The van der Waals surface area contributed by atoms with Gasteiger partial charge >= 0.3 is 0 Å². The van der Waals surface area contributed by atoms with Crippen LogP contribution < -0.4 is 5.32 Å². The first kappa shape index (κ1) is 26.3. The highest BCUT2D eigenvalue weighted by Gasteiger charge is 2.29. The van der Waals surface area contributed by atoms with Gasteiger partial charge in [-0.05, 0) is 52.8 Å². The Morgan fingerprint density at radius 3 is 2.76 bits per heavy atom. The van der Waals surface area contributed by atoms with Crippen molar-refractivity contribution in [2.75, 3.05) is 26.4 Å². The molecule has 0 radical (unpaired) electrons. The summed E-state index contributed by atoms with van der Waals surface area (Å²) < 4.78 is 28.6. The molecule has 1 N–H and O–H groups in total. The Morgan fingerprint density at radius 1 is 1.27 bits per heavy atom. The van der Waals surface area contributed by atoms with Crippen LogP contribution in [-0.4, -0.2) is 58.5 Å². The minimum absolute atomic E-state index is 0.128. The van der Waals surface area contributed by atoms with Crippen LogP contribution >= 0.6 is 0 Å². The summed E-state index contributed by atoms with van der Waals surface area (Å²) in [5, 5.41) is 3.21. The molecule has 1 fully saturated rings. The van der Waals surface area contributed by atoms with Gasteiger partial charge < -0.3 is 24.3 Å². The lowest BCUT2D eigenvalue weighted by Crippen LogP contribution is -2.49. The Bertz CT molecular complexity index is 1330. The number of guanidine groups is 1. The molecule has 8 nitrogen and oxygen atoms in total. The van der Waals surface area contributed by atoms with E-state index in [0.717, 1.165) is 29.5 Å². The second-order valence-corrected chi connectivity index (χ2v) is 9.42. The van der Waals surface area contributed by atoms with Crippen molar-refractivity contribution in [3.63, 3.8) is 0 Å². The number of aromatic nitrogens is 2. The molecule has 0 spiro atoms. The number of aryl methyl sites for hydroxylation is 1. The monoisotopic (exact) mass is 506 g/mol. The highest BCUT2D eigenvalue weighted by atomic mass is 19.1. The molecule has 2 aromatic rings. The van der Waals surface area contributed by atoms with Crippen LogP contribution in [0, 0.1) is 12.7 Å². The molecule has 0 saturated carbocycles. The molecule has 3 heterocycles. The topological polar surface area (TPSA) is 76.3 Å². The molecule has 4 rings (SSSR count). The van der Waals surface area contributed by atoms with E-state index >= 15 is 4.39 Å². The molecule has 1 unspecified atom stereocenters. The van der Waals surface area contributed by atoms with Crippen molar-refractivity contribution in [2.24, 2.45) is 9.98 Å². The van der Waals surface area contributed by atoms with Crippen LogP contribution in [0.2, 0.25) is 0 Å². The summed E-state index contributed by atoms with van der Waals surface area (Å²) in [5.74, 6) is 1.44. The van der Waals surface area contributed by atoms with Crippen molar-refractivity contribution in [2.45, 2.75) is 46.7 Å². The van der Waals surface area contributed by atoms with Crippen LogP contribution in [-0.2, 0) is 9.47 Å². The van der Waals surface area contributed by atoms with E-state index in [4.69, 9.17) is 9.47 Å². The third-order valence-electron chi connectivity index (χ3n) is 6.47. The van der Waals surface area contributed by atoms with Crippen LogP contribution in [0.1, 0.15) is 45.1 Å². The highest BCUT2D eigenvalue weighted by Crippen LogP contribution is 2.26. The minimum Gasteiger partial charge on any atom is -0.489 e. The van der Waals surface area contributed by atoms with E-state index in [9.17, 15) is 0 Å². The fourth-order valence-electron chi connectivity index (χ4n) is 4.81. The van der Waals surface area contributed by atoms with Crippen LogP contribution in [0.3, 0.4) is 0 Å². The van der Waals surface area contributed by atoms with E-state index in [2.05, 4.69) is 45.3 Å². The molecule has 1 atom stereocenters. The number of morpholine rings is 1. The Labute approximate surface area is 217 Å². The van der Waals surface area contributed by atoms with E-state index in [1.54, 1.807) is 6.08 Å².